The number of carbonyl (C=O) groups excluding carboxylic acids is 1. The highest BCUT2D eigenvalue weighted by Crippen LogP contribution is 2.14. The third-order valence-electron chi connectivity index (χ3n) is 3.48. The van der Waals surface area contributed by atoms with Crippen molar-refractivity contribution in [3.63, 3.8) is 0 Å². The van der Waals surface area contributed by atoms with Gasteiger partial charge in [0.05, 0.1) is 19.3 Å². The molecule has 1 aliphatic heterocycles. The number of nitrogens with one attached hydrogen (secondary N) is 1. The Balaban J connectivity index is 1.88. The summed E-state index contributed by atoms with van der Waals surface area (Å²) < 4.78 is 5.46. The fourth-order valence-corrected chi connectivity index (χ4v) is 2.26. The minimum atomic E-state index is 0.0392. The van der Waals surface area contributed by atoms with Crippen LogP contribution in [0.1, 0.15) is 18.1 Å². The van der Waals surface area contributed by atoms with E-state index in [-0.39, 0.29) is 12.0 Å². The lowest BCUT2D eigenvalue weighted by Crippen LogP contribution is -2.44. The molecule has 1 aromatic carbocycles. The Kier molecular flexibility index (Phi) is 4.56. The molecule has 0 radical (unpaired) electrons. The average molecular weight is 262 g/mol. The molecule has 1 aromatic rings. The first kappa shape index (κ1) is 14.0. The van der Waals surface area contributed by atoms with E-state index in [2.05, 4.69) is 24.1 Å². The molecule has 1 atom stereocenters. The van der Waals surface area contributed by atoms with Crippen LogP contribution in [-0.2, 0) is 9.53 Å². The lowest BCUT2D eigenvalue weighted by molar-refractivity contribution is -0.119. The van der Waals surface area contributed by atoms with Crippen LogP contribution in [0.15, 0.2) is 18.2 Å². The zero-order chi connectivity index (χ0) is 13.8. The van der Waals surface area contributed by atoms with Gasteiger partial charge in [0.2, 0.25) is 5.91 Å². The first-order valence-corrected chi connectivity index (χ1v) is 6.75. The zero-order valence-corrected chi connectivity index (χ0v) is 11.9. The van der Waals surface area contributed by atoms with E-state index >= 15 is 0 Å². The molecule has 0 bridgehead atoms. The number of hydrogen-bond donors (Lipinski definition) is 1. The molecule has 1 amide bonds. The van der Waals surface area contributed by atoms with Gasteiger partial charge < -0.3 is 10.1 Å². The minimum Gasteiger partial charge on any atom is -0.376 e. The van der Waals surface area contributed by atoms with Crippen molar-refractivity contribution in [1.82, 2.24) is 4.90 Å². The molecule has 4 nitrogen and oxygen atoms in total. The van der Waals surface area contributed by atoms with Crippen molar-refractivity contribution >= 4 is 11.6 Å². The van der Waals surface area contributed by atoms with E-state index in [4.69, 9.17) is 4.74 Å². The molecule has 19 heavy (non-hydrogen) atoms. The molecular weight excluding hydrogens is 240 g/mol. The topological polar surface area (TPSA) is 41.6 Å². The quantitative estimate of drug-likeness (QED) is 0.905. The number of aryl methyl sites for hydroxylation is 2. The fourth-order valence-electron chi connectivity index (χ4n) is 2.26. The summed E-state index contributed by atoms with van der Waals surface area (Å²) in [6, 6.07) is 5.99. The average Bonchev–Trinajstić information content (AvgIpc) is 2.34. The fraction of sp³-hybridized carbons (Fsp3) is 0.533. The monoisotopic (exact) mass is 262 g/mol. The van der Waals surface area contributed by atoms with E-state index in [0.29, 0.717) is 13.2 Å². The molecule has 0 aromatic heterocycles. The molecule has 1 aliphatic rings. The van der Waals surface area contributed by atoms with Gasteiger partial charge in [0.15, 0.2) is 0 Å². The van der Waals surface area contributed by atoms with Gasteiger partial charge in [-0.1, -0.05) is 6.07 Å². The van der Waals surface area contributed by atoms with Gasteiger partial charge >= 0.3 is 0 Å². The Morgan fingerprint density at radius 1 is 1.42 bits per heavy atom. The summed E-state index contributed by atoms with van der Waals surface area (Å²) in [4.78, 5) is 14.1. The zero-order valence-electron chi connectivity index (χ0n) is 11.9. The third kappa shape index (κ3) is 4.04. The summed E-state index contributed by atoms with van der Waals surface area (Å²) >= 11 is 0. The second-order valence-corrected chi connectivity index (χ2v) is 5.26. The van der Waals surface area contributed by atoms with Crippen molar-refractivity contribution in [3.8, 4) is 0 Å². The number of ether oxygens (including phenoxy) is 1. The number of amides is 1. The summed E-state index contributed by atoms with van der Waals surface area (Å²) in [6.45, 7) is 8.93. The van der Waals surface area contributed by atoms with E-state index in [1.54, 1.807) is 0 Å². The van der Waals surface area contributed by atoms with E-state index in [9.17, 15) is 4.79 Å². The molecule has 104 valence electrons. The third-order valence-corrected chi connectivity index (χ3v) is 3.48. The van der Waals surface area contributed by atoms with Crippen LogP contribution in [0.25, 0.3) is 0 Å². The lowest BCUT2D eigenvalue weighted by atomic mass is 10.1. The minimum absolute atomic E-state index is 0.0392. The van der Waals surface area contributed by atoms with Gasteiger partial charge in [-0.3, -0.25) is 9.69 Å². The Bertz CT molecular complexity index is 459. The number of benzene rings is 1. The molecule has 2 rings (SSSR count). The maximum absolute atomic E-state index is 12.0. The molecule has 1 heterocycles. The number of hydrogen-bond acceptors (Lipinski definition) is 3. The summed E-state index contributed by atoms with van der Waals surface area (Å²) in [5, 5.41) is 2.95. The summed E-state index contributed by atoms with van der Waals surface area (Å²) in [5.41, 5.74) is 3.30. The van der Waals surface area contributed by atoms with Crippen LogP contribution in [0.5, 0.6) is 0 Å². The predicted molar refractivity (Wildman–Crippen MR) is 76.4 cm³/mol. The van der Waals surface area contributed by atoms with Crippen molar-refractivity contribution in [1.29, 1.82) is 0 Å². The van der Waals surface area contributed by atoms with Crippen molar-refractivity contribution in [2.75, 3.05) is 31.6 Å². The van der Waals surface area contributed by atoms with Gasteiger partial charge in [0.1, 0.15) is 0 Å². The first-order valence-electron chi connectivity index (χ1n) is 6.75. The van der Waals surface area contributed by atoms with E-state index in [1.807, 2.05) is 25.1 Å². The van der Waals surface area contributed by atoms with Crippen LogP contribution in [-0.4, -0.2) is 43.2 Å². The normalized spacial score (nSPS) is 20.3. The van der Waals surface area contributed by atoms with E-state index in [0.717, 1.165) is 18.8 Å². The Hall–Kier alpha value is -1.39. The maximum atomic E-state index is 12.0. The van der Waals surface area contributed by atoms with Gasteiger partial charge in [0.25, 0.3) is 0 Å². The largest absolute Gasteiger partial charge is 0.376 e. The number of morpholine rings is 1. The highest BCUT2D eigenvalue weighted by atomic mass is 16.5. The van der Waals surface area contributed by atoms with Crippen LogP contribution in [0.2, 0.25) is 0 Å². The summed E-state index contributed by atoms with van der Waals surface area (Å²) in [6.07, 6.45) is 0.211. The van der Waals surface area contributed by atoms with Crippen molar-refractivity contribution in [2.45, 2.75) is 26.9 Å². The van der Waals surface area contributed by atoms with E-state index in [1.165, 1.54) is 11.1 Å². The molecule has 0 spiro atoms. The van der Waals surface area contributed by atoms with E-state index < -0.39 is 0 Å². The molecule has 1 N–H and O–H groups in total. The van der Waals surface area contributed by atoms with Crippen LogP contribution < -0.4 is 5.32 Å². The molecule has 0 saturated carbocycles. The Morgan fingerprint density at radius 3 is 2.89 bits per heavy atom. The van der Waals surface area contributed by atoms with Crippen LogP contribution >= 0.6 is 0 Å². The molecule has 0 aliphatic carbocycles. The summed E-state index contributed by atoms with van der Waals surface area (Å²) in [5.74, 6) is 0.0392. The second kappa shape index (κ2) is 6.17. The number of nitrogens with zero attached hydrogens (tertiary/aromatic N) is 1. The SMILES string of the molecule is Cc1ccc(NC(=O)CN2CCOC(C)C2)cc1C. The summed E-state index contributed by atoms with van der Waals surface area (Å²) in [7, 11) is 0. The van der Waals surface area contributed by atoms with Gasteiger partial charge in [0, 0.05) is 18.8 Å². The number of rotatable bonds is 3. The van der Waals surface area contributed by atoms with Crippen LogP contribution in [0.4, 0.5) is 5.69 Å². The number of anilines is 1. The van der Waals surface area contributed by atoms with Crippen LogP contribution in [0.3, 0.4) is 0 Å². The molecular formula is C15H22N2O2. The lowest BCUT2D eigenvalue weighted by Gasteiger charge is -2.30. The molecule has 1 unspecified atom stereocenters. The standard InChI is InChI=1S/C15H22N2O2/c1-11-4-5-14(8-12(11)2)16-15(18)10-17-6-7-19-13(3)9-17/h4-5,8,13H,6-7,9-10H2,1-3H3,(H,16,18). The Labute approximate surface area is 114 Å². The Morgan fingerprint density at radius 2 is 2.21 bits per heavy atom. The van der Waals surface area contributed by atoms with Crippen molar-refractivity contribution in [2.24, 2.45) is 0 Å². The molecule has 4 heteroatoms. The van der Waals surface area contributed by atoms with Gasteiger partial charge in [-0.2, -0.15) is 0 Å². The molecule has 1 saturated heterocycles. The van der Waals surface area contributed by atoms with Crippen molar-refractivity contribution < 1.29 is 9.53 Å². The highest BCUT2D eigenvalue weighted by molar-refractivity contribution is 5.92. The highest BCUT2D eigenvalue weighted by Gasteiger charge is 2.18. The van der Waals surface area contributed by atoms with Gasteiger partial charge in [-0.05, 0) is 44.0 Å². The first-order chi connectivity index (χ1) is 9.04. The van der Waals surface area contributed by atoms with Gasteiger partial charge in [-0.15, -0.1) is 0 Å². The molecule has 1 fully saturated rings. The smallest absolute Gasteiger partial charge is 0.238 e. The predicted octanol–water partition coefficient (Wildman–Crippen LogP) is 1.96. The second-order valence-electron chi connectivity index (χ2n) is 5.26. The maximum Gasteiger partial charge on any atom is 0.238 e. The van der Waals surface area contributed by atoms with Crippen molar-refractivity contribution in [3.05, 3.63) is 29.3 Å². The van der Waals surface area contributed by atoms with Gasteiger partial charge in [-0.25, -0.2) is 0 Å². The number of carbonyl (C=O) groups is 1. The van der Waals surface area contributed by atoms with Crippen LogP contribution in [0, 0.1) is 13.8 Å².